The molecule has 0 saturated heterocycles. The van der Waals surface area contributed by atoms with Crippen LogP contribution < -0.4 is 5.32 Å². The van der Waals surface area contributed by atoms with Gasteiger partial charge in [-0.05, 0) is 39.3 Å². The van der Waals surface area contributed by atoms with Crippen LogP contribution in [0.2, 0.25) is 0 Å². The minimum atomic E-state index is -0.898. The topological polar surface area (TPSA) is 112 Å². The molecule has 138 valence electrons. The third kappa shape index (κ3) is 4.65. The van der Waals surface area contributed by atoms with E-state index < -0.39 is 24.6 Å². The number of imide groups is 1. The second-order valence-corrected chi connectivity index (χ2v) is 5.56. The van der Waals surface area contributed by atoms with Gasteiger partial charge in [-0.1, -0.05) is 17.7 Å². The van der Waals surface area contributed by atoms with Crippen molar-refractivity contribution in [2.45, 2.75) is 27.7 Å². The number of carbonyl (C=O) groups is 3. The number of ether oxygens (including phenoxy) is 2. The highest BCUT2D eigenvalue weighted by molar-refractivity contribution is 5.95. The Morgan fingerprint density at radius 2 is 1.85 bits per heavy atom. The molecule has 9 nitrogen and oxygen atoms in total. The molecule has 1 aromatic carbocycles. The van der Waals surface area contributed by atoms with Gasteiger partial charge in [0.25, 0.3) is 5.91 Å². The van der Waals surface area contributed by atoms with Gasteiger partial charge in [-0.25, -0.2) is 9.59 Å². The van der Waals surface area contributed by atoms with E-state index >= 15 is 0 Å². The van der Waals surface area contributed by atoms with Gasteiger partial charge < -0.3 is 9.47 Å². The molecule has 26 heavy (non-hydrogen) atoms. The second-order valence-electron chi connectivity index (χ2n) is 5.56. The predicted molar refractivity (Wildman–Crippen MR) is 91.0 cm³/mol. The van der Waals surface area contributed by atoms with Crippen LogP contribution in [-0.2, 0) is 14.3 Å². The molecule has 0 aliphatic carbocycles. The van der Waals surface area contributed by atoms with Crippen LogP contribution in [0.4, 0.5) is 4.79 Å². The minimum absolute atomic E-state index is 0.00564. The maximum Gasteiger partial charge on any atom is 0.413 e. The molecule has 0 atom stereocenters. The van der Waals surface area contributed by atoms with Crippen LogP contribution in [0.15, 0.2) is 18.2 Å². The van der Waals surface area contributed by atoms with E-state index in [-0.39, 0.29) is 12.3 Å². The maximum absolute atomic E-state index is 12.1. The summed E-state index contributed by atoms with van der Waals surface area (Å²) in [7, 11) is 0. The highest BCUT2D eigenvalue weighted by atomic mass is 16.6. The number of nitrogens with one attached hydrogen (secondary N) is 1. The Balaban J connectivity index is 2.05. The number of alkyl carbamates (subject to hydrolysis) is 1. The summed E-state index contributed by atoms with van der Waals surface area (Å²) in [5.41, 5.74) is 3.14. The van der Waals surface area contributed by atoms with E-state index in [0.29, 0.717) is 5.69 Å². The molecule has 1 aromatic heterocycles. The summed E-state index contributed by atoms with van der Waals surface area (Å²) in [6, 6.07) is 5.75. The van der Waals surface area contributed by atoms with E-state index in [1.54, 1.807) is 13.8 Å². The number of aryl methyl sites for hydroxylation is 3. The summed E-state index contributed by atoms with van der Waals surface area (Å²) in [5.74, 6) is -1.60. The molecule has 0 spiro atoms. The molecule has 2 amide bonds. The molecule has 0 fully saturated rings. The van der Waals surface area contributed by atoms with Crippen molar-refractivity contribution in [1.29, 1.82) is 0 Å². The zero-order valence-corrected chi connectivity index (χ0v) is 15.0. The highest BCUT2D eigenvalue weighted by Gasteiger charge is 2.20. The minimum Gasteiger partial charge on any atom is -0.451 e. The Morgan fingerprint density at radius 3 is 2.50 bits per heavy atom. The molecule has 0 aliphatic rings. The monoisotopic (exact) mass is 360 g/mol. The number of rotatable bonds is 5. The number of hydrogen-bond acceptors (Lipinski definition) is 7. The van der Waals surface area contributed by atoms with Crippen LogP contribution in [-0.4, -0.2) is 46.2 Å². The second kappa shape index (κ2) is 8.24. The van der Waals surface area contributed by atoms with Gasteiger partial charge in [0.05, 0.1) is 18.0 Å². The van der Waals surface area contributed by atoms with E-state index in [2.05, 4.69) is 14.9 Å². The number of carbonyl (C=O) groups excluding carboxylic acids is 3. The Labute approximate surface area is 150 Å². The first-order valence-electron chi connectivity index (χ1n) is 7.97. The SMILES string of the molecule is CCOC(=O)NC(=O)COC(=O)c1nn(-c2ccc(C)cc2C)nc1C. The molecular formula is C17H20N4O5. The number of esters is 1. The normalized spacial score (nSPS) is 10.3. The van der Waals surface area contributed by atoms with E-state index in [4.69, 9.17) is 4.74 Å². The highest BCUT2D eigenvalue weighted by Crippen LogP contribution is 2.15. The van der Waals surface area contributed by atoms with Gasteiger partial charge in [0.2, 0.25) is 0 Å². The summed E-state index contributed by atoms with van der Waals surface area (Å²) in [4.78, 5) is 36.1. The van der Waals surface area contributed by atoms with Crippen molar-refractivity contribution in [2.24, 2.45) is 0 Å². The first kappa shape index (κ1) is 19.1. The van der Waals surface area contributed by atoms with Crippen molar-refractivity contribution < 1.29 is 23.9 Å². The summed E-state index contributed by atoms with van der Waals surface area (Å²) in [5, 5.41) is 10.3. The van der Waals surface area contributed by atoms with Crippen LogP contribution in [0.5, 0.6) is 0 Å². The fourth-order valence-corrected chi connectivity index (χ4v) is 2.22. The summed E-state index contributed by atoms with van der Waals surface area (Å²) < 4.78 is 9.43. The molecule has 0 aliphatic heterocycles. The summed E-state index contributed by atoms with van der Waals surface area (Å²) in [6.07, 6.45) is -0.898. The van der Waals surface area contributed by atoms with Gasteiger partial charge in [-0.2, -0.15) is 9.90 Å². The molecule has 9 heteroatoms. The number of amides is 2. The summed E-state index contributed by atoms with van der Waals surface area (Å²) >= 11 is 0. The quantitative estimate of drug-likeness (QED) is 0.806. The molecule has 0 radical (unpaired) electrons. The standard InChI is InChI=1S/C17H20N4O5/c1-5-25-17(24)18-14(22)9-26-16(23)15-12(4)19-21(20-15)13-7-6-10(2)8-11(13)3/h6-8H,5,9H2,1-4H3,(H,18,22,24). The van der Waals surface area contributed by atoms with Gasteiger partial charge in [0.1, 0.15) is 0 Å². The van der Waals surface area contributed by atoms with Crippen LogP contribution in [0, 0.1) is 20.8 Å². The summed E-state index contributed by atoms with van der Waals surface area (Å²) in [6.45, 7) is 6.60. The largest absolute Gasteiger partial charge is 0.451 e. The molecular weight excluding hydrogens is 340 g/mol. The van der Waals surface area contributed by atoms with Crippen molar-refractivity contribution in [3.63, 3.8) is 0 Å². The first-order chi connectivity index (χ1) is 12.3. The van der Waals surface area contributed by atoms with Crippen LogP contribution >= 0.6 is 0 Å². The third-order valence-corrected chi connectivity index (χ3v) is 3.39. The number of benzene rings is 1. The molecule has 0 unspecified atom stereocenters. The molecule has 1 N–H and O–H groups in total. The smallest absolute Gasteiger partial charge is 0.413 e. The third-order valence-electron chi connectivity index (χ3n) is 3.39. The molecule has 2 rings (SSSR count). The Kier molecular flexibility index (Phi) is 6.05. The molecule has 1 heterocycles. The van der Waals surface area contributed by atoms with Crippen molar-refractivity contribution in [3.8, 4) is 5.69 Å². The Morgan fingerprint density at radius 1 is 1.12 bits per heavy atom. The van der Waals surface area contributed by atoms with E-state index in [9.17, 15) is 14.4 Å². The van der Waals surface area contributed by atoms with E-state index in [0.717, 1.165) is 16.8 Å². The van der Waals surface area contributed by atoms with E-state index in [1.165, 1.54) is 4.80 Å². The molecule has 0 saturated carbocycles. The lowest BCUT2D eigenvalue weighted by Gasteiger charge is -2.05. The lowest BCUT2D eigenvalue weighted by molar-refractivity contribution is -0.123. The van der Waals surface area contributed by atoms with Crippen molar-refractivity contribution in [2.75, 3.05) is 13.2 Å². The van der Waals surface area contributed by atoms with Gasteiger partial charge in [-0.15, -0.1) is 5.10 Å². The average molecular weight is 360 g/mol. The fraction of sp³-hybridized carbons (Fsp3) is 0.353. The van der Waals surface area contributed by atoms with Crippen molar-refractivity contribution in [1.82, 2.24) is 20.3 Å². The molecule has 0 bridgehead atoms. The Bertz CT molecular complexity index is 844. The van der Waals surface area contributed by atoms with Gasteiger partial charge in [-0.3, -0.25) is 10.1 Å². The van der Waals surface area contributed by atoms with Crippen molar-refractivity contribution in [3.05, 3.63) is 40.7 Å². The fourth-order valence-electron chi connectivity index (χ4n) is 2.22. The lowest BCUT2D eigenvalue weighted by Crippen LogP contribution is -2.34. The zero-order chi connectivity index (χ0) is 19.3. The van der Waals surface area contributed by atoms with E-state index in [1.807, 2.05) is 37.4 Å². The van der Waals surface area contributed by atoms with Gasteiger partial charge >= 0.3 is 12.1 Å². The number of nitrogens with zero attached hydrogens (tertiary/aromatic N) is 3. The van der Waals surface area contributed by atoms with Crippen LogP contribution in [0.25, 0.3) is 5.69 Å². The molecule has 2 aromatic rings. The van der Waals surface area contributed by atoms with Gasteiger partial charge in [0.15, 0.2) is 12.3 Å². The van der Waals surface area contributed by atoms with Crippen LogP contribution in [0.1, 0.15) is 34.2 Å². The first-order valence-corrected chi connectivity index (χ1v) is 7.97. The van der Waals surface area contributed by atoms with Crippen LogP contribution in [0.3, 0.4) is 0 Å². The number of aromatic nitrogens is 3. The predicted octanol–water partition coefficient (Wildman–Crippen LogP) is 1.62. The number of hydrogen-bond donors (Lipinski definition) is 1. The van der Waals surface area contributed by atoms with Crippen molar-refractivity contribution >= 4 is 18.0 Å². The van der Waals surface area contributed by atoms with Gasteiger partial charge in [0, 0.05) is 0 Å². The average Bonchev–Trinajstić information content (AvgIpc) is 2.94. The Hall–Kier alpha value is -3.23. The lowest BCUT2D eigenvalue weighted by atomic mass is 10.1. The zero-order valence-electron chi connectivity index (χ0n) is 15.0. The maximum atomic E-state index is 12.1.